The highest BCUT2D eigenvalue weighted by atomic mass is 32.2. The Morgan fingerprint density at radius 3 is 2.79 bits per heavy atom. The first-order chi connectivity index (χ1) is 11.4. The molecule has 3 aromatic rings. The maximum atomic E-state index is 12.6. The zero-order valence-electron chi connectivity index (χ0n) is 13.0. The molecule has 0 unspecified atom stereocenters. The Bertz CT molecular complexity index is 1010. The Morgan fingerprint density at radius 2 is 2.08 bits per heavy atom. The van der Waals surface area contributed by atoms with Gasteiger partial charge in [0.15, 0.2) is 5.82 Å². The van der Waals surface area contributed by atoms with Crippen LogP contribution in [-0.2, 0) is 16.3 Å². The van der Waals surface area contributed by atoms with Gasteiger partial charge in [-0.1, -0.05) is 6.07 Å². The quantitative estimate of drug-likeness (QED) is 0.750. The van der Waals surface area contributed by atoms with E-state index < -0.39 is 9.84 Å². The summed E-state index contributed by atoms with van der Waals surface area (Å²) in [7, 11) is -3.04. The molecule has 3 heterocycles. The van der Waals surface area contributed by atoms with E-state index in [1.54, 1.807) is 49.1 Å². The van der Waals surface area contributed by atoms with Gasteiger partial charge in [-0.2, -0.15) is 0 Å². The third kappa shape index (κ3) is 3.60. The van der Waals surface area contributed by atoms with E-state index in [1.807, 2.05) is 0 Å². The highest BCUT2D eigenvalue weighted by molar-refractivity contribution is 7.90. The minimum Gasteiger partial charge on any atom is -0.296 e. The summed E-state index contributed by atoms with van der Waals surface area (Å²) in [4.78, 5) is 20.8. The van der Waals surface area contributed by atoms with Crippen LogP contribution in [0.15, 0.2) is 53.8 Å². The van der Waals surface area contributed by atoms with E-state index in [1.165, 1.54) is 10.9 Å². The molecule has 3 rings (SSSR count). The van der Waals surface area contributed by atoms with Crippen molar-refractivity contribution in [3.8, 4) is 16.9 Å². The Balaban J connectivity index is 1.93. The molecule has 0 aromatic carbocycles. The predicted molar refractivity (Wildman–Crippen MR) is 90.8 cm³/mol. The highest BCUT2D eigenvalue weighted by Crippen LogP contribution is 2.14. The van der Waals surface area contributed by atoms with Gasteiger partial charge in [0.2, 0.25) is 0 Å². The Morgan fingerprint density at radius 1 is 1.25 bits per heavy atom. The molecule has 0 saturated carbocycles. The molecule has 0 aliphatic rings. The average Bonchev–Trinajstić information content (AvgIpc) is 2.95. The van der Waals surface area contributed by atoms with E-state index in [-0.39, 0.29) is 11.3 Å². The molecule has 0 radical (unpaired) electrons. The monoisotopic (exact) mass is 344 g/mol. The van der Waals surface area contributed by atoms with Crippen molar-refractivity contribution in [2.75, 3.05) is 12.0 Å². The first-order valence-corrected chi connectivity index (χ1v) is 9.34. The second kappa shape index (κ2) is 6.40. The zero-order chi connectivity index (χ0) is 17.2. The number of nitrogens with zero attached hydrogens (tertiary/aromatic N) is 3. The second-order valence-corrected chi connectivity index (χ2v) is 7.73. The van der Waals surface area contributed by atoms with Crippen LogP contribution >= 0.6 is 0 Å². The Hall–Kier alpha value is -2.74. The van der Waals surface area contributed by atoms with Crippen LogP contribution < -0.4 is 5.56 Å². The summed E-state index contributed by atoms with van der Waals surface area (Å²) in [5, 5.41) is 2.88. The number of sulfone groups is 1. The highest BCUT2D eigenvalue weighted by Gasteiger charge is 2.11. The summed E-state index contributed by atoms with van der Waals surface area (Å²) in [5.74, 6) is 0.470. The molecule has 1 N–H and O–H groups in total. The number of hydrogen-bond acceptors (Lipinski definition) is 5. The van der Waals surface area contributed by atoms with Crippen LogP contribution in [-0.4, -0.2) is 40.2 Å². The molecule has 0 saturated heterocycles. The van der Waals surface area contributed by atoms with Gasteiger partial charge in [-0.05, 0) is 30.2 Å². The van der Waals surface area contributed by atoms with Gasteiger partial charge in [0.1, 0.15) is 9.84 Å². The van der Waals surface area contributed by atoms with Crippen molar-refractivity contribution < 1.29 is 8.42 Å². The summed E-state index contributed by atoms with van der Waals surface area (Å²) >= 11 is 0. The van der Waals surface area contributed by atoms with E-state index in [2.05, 4.69) is 15.1 Å². The third-order valence-corrected chi connectivity index (χ3v) is 4.49. The van der Waals surface area contributed by atoms with Crippen molar-refractivity contribution >= 4 is 9.84 Å². The molecule has 0 spiro atoms. The van der Waals surface area contributed by atoms with Crippen LogP contribution in [0.4, 0.5) is 0 Å². The van der Waals surface area contributed by atoms with Crippen LogP contribution in [0.1, 0.15) is 5.56 Å². The largest absolute Gasteiger partial charge is 0.296 e. The van der Waals surface area contributed by atoms with E-state index in [4.69, 9.17) is 0 Å². The van der Waals surface area contributed by atoms with E-state index in [9.17, 15) is 13.2 Å². The van der Waals surface area contributed by atoms with E-state index in [0.717, 1.165) is 5.56 Å². The van der Waals surface area contributed by atoms with E-state index >= 15 is 0 Å². The Labute approximate surface area is 138 Å². The molecule has 3 aromatic heterocycles. The summed E-state index contributed by atoms with van der Waals surface area (Å²) < 4.78 is 23.9. The minimum absolute atomic E-state index is 0.0526. The topological polar surface area (TPSA) is 97.7 Å². The number of aromatic amines is 1. The van der Waals surface area contributed by atoms with Gasteiger partial charge in [-0.25, -0.2) is 18.1 Å². The van der Waals surface area contributed by atoms with Gasteiger partial charge in [0, 0.05) is 36.6 Å². The Kier molecular flexibility index (Phi) is 4.30. The van der Waals surface area contributed by atoms with Gasteiger partial charge in [-0.3, -0.25) is 14.9 Å². The lowest BCUT2D eigenvalue weighted by molar-refractivity contribution is 0.601. The van der Waals surface area contributed by atoms with Crippen molar-refractivity contribution in [1.29, 1.82) is 0 Å². The lowest BCUT2D eigenvalue weighted by Crippen LogP contribution is -2.17. The smallest absolute Gasteiger partial charge is 0.280 e. The first-order valence-electron chi connectivity index (χ1n) is 7.28. The average molecular weight is 344 g/mol. The minimum atomic E-state index is -3.04. The van der Waals surface area contributed by atoms with Crippen molar-refractivity contribution in [3.63, 3.8) is 0 Å². The van der Waals surface area contributed by atoms with Crippen LogP contribution in [0.3, 0.4) is 0 Å². The molecule has 0 aliphatic heterocycles. The van der Waals surface area contributed by atoms with Crippen molar-refractivity contribution in [2.45, 2.75) is 6.42 Å². The fourth-order valence-corrected chi connectivity index (χ4v) is 2.92. The molecule has 0 amide bonds. The maximum absolute atomic E-state index is 12.6. The normalized spacial score (nSPS) is 11.5. The van der Waals surface area contributed by atoms with Crippen LogP contribution in [0.2, 0.25) is 0 Å². The fourth-order valence-electron chi connectivity index (χ4n) is 2.31. The lowest BCUT2D eigenvalue weighted by Gasteiger charge is -2.04. The third-order valence-electron chi connectivity index (χ3n) is 3.54. The molecular weight excluding hydrogens is 328 g/mol. The summed E-state index contributed by atoms with van der Waals surface area (Å²) in [5.41, 5.74) is 1.77. The van der Waals surface area contributed by atoms with Gasteiger partial charge in [0.25, 0.3) is 5.56 Å². The predicted octanol–water partition coefficient (Wildman–Crippen LogP) is 1.21. The second-order valence-electron chi connectivity index (χ2n) is 5.47. The molecule has 124 valence electrons. The molecule has 0 bridgehead atoms. The van der Waals surface area contributed by atoms with Gasteiger partial charge < -0.3 is 0 Å². The molecular formula is C16H16N4O3S. The summed E-state index contributed by atoms with van der Waals surface area (Å²) in [6, 6.07) is 7.01. The molecule has 7 nitrogen and oxygen atoms in total. The van der Waals surface area contributed by atoms with Crippen LogP contribution in [0.5, 0.6) is 0 Å². The number of rotatable bonds is 5. The zero-order valence-corrected chi connectivity index (χ0v) is 13.8. The van der Waals surface area contributed by atoms with Crippen molar-refractivity contribution in [2.24, 2.45) is 0 Å². The van der Waals surface area contributed by atoms with Crippen molar-refractivity contribution in [3.05, 3.63) is 65.0 Å². The molecule has 0 aliphatic carbocycles. The number of aryl methyl sites for hydroxylation is 1. The van der Waals surface area contributed by atoms with Gasteiger partial charge in [0.05, 0.1) is 11.3 Å². The number of pyridine rings is 2. The standard InChI is InChI=1S/C16H16N4O3S/c1-24(22,23)8-5-12-4-7-18-15(9-12)20-16(21)14(11-19-20)13-3-2-6-17-10-13/h2-4,6-7,9-11,19H,5,8H2,1H3. The fraction of sp³-hybridized carbons (Fsp3) is 0.188. The summed E-state index contributed by atoms with van der Waals surface area (Å²) in [6.45, 7) is 0. The molecule has 24 heavy (non-hydrogen) atoms. The molecule has 8 heteroatoms. The summed E-state index contributed by atoms with van der Waals surface area (Å²) in [6.07, 6.45) is 7.99. The molecule has 0 fully saturated rings. The number of hydrogen-bond donors (Lipinski definition) is 1. The molecule has 0 atom stereocenters. The number of nitrogens with one attached hydrogen (secondary N) is 1. The van der Waals surface area contributed by atoms with Gasteiger partial charge in [-0.15, -0.1) is 0 Å². The van der Waals surface area contributed by atoms with Crippen LogP contribution in [0, 0.1) is 0 Å². The van der Waals surface area contributed by atoms with Crippen molar-refractivity contribution in [1.82, 2.24) is 19.7 Å². The first kappa shape index (κ1) is 16.1. The van der Waals surface area contributed by atoms with Crippen LogP contribution in [0.25, 0.3) is 16.9 Å². The lowest BCUT2D eigenvalue weighted by atomic mass is 10.2. The number of H-pyrrole nitrogens is 1. The SMILES string of the molecule is CS(=O)(=O)CCc1ccnc(-n2[nH]cc(-c3cccnc3)c2=O)c1. The number of aromatic nitrogens is 4. The van der Waals surface area contributed by atoms with Gasteiger partial charge >= 0.3 is 0 Å². The van der Waals surface area contributed by atoms with E-state index in [0.29, 0.717) is 23.4 Å². The maximum Gasteiger partial charge on any atom is 0.280 e.